The molecule has 2 aromatic carbocycles. The number of aromatic nitrogens is 4. The molecule has 0 saturated heterocycles. The molecule has 134 valence electrons. The third-order valence-electron chi connectivity index (χ3n) is 4.61. The van der Waals surface area contributed by atoms with Crippen molar-refractivity contribution in [1.29, 1.82) is 0 Å². The Morgan fingerprint density at radius 2 is 1.85 bits per heavy atom. The number of aryl methyl sites for hydroxylation is 2. The van der Waals surface area contributed by atoms with Gasteiger partial charge in [-0.15, -0.1) is 0 Å². The summed E-state index contributed by atoms with van der Waals surface area (Å²) >= 11 is 0. The summed E-state index contributed by atoms with van der Waals surface area (Å²) in [5.41, 5.74) is 8.76. The molecule has 0 atom stereocenters. The molecule has 7 nitrogen and oxygen atoms in total. The maximum absolute atomic E-state index is 6.04. The van der Waals surface area contributed by atoms with Gasteiger partial charge in [-0.3, -0.25) is 0 Å². The predicted molar refractivity (Wildman–Crippen MR) is 101 cm³/mol. The summed E-state index contributed by atoms with van der Waals surface area (Å²) in [5.74, 6) is 3.13. The molecule has 0 radical (unpaired) electrons. The molecule has 7 heteroatoms. The number of nitrogens with two attached hydrogens (primary N) is 1. The van der Waals surface area contributed by atoms with Crippen LogP contribution in [0.1, 0.15) is 5.56 Å². The standard InChI is InChI=1S/C20H17N5O2/c21-18-17-20(25(11-22-18)9-8-13-4-2-1-3-5-13)24-19(23-17)14-6-7-15-16(10-14)27-12-26-15/h1-7,10-11H,8-9,12,21H2. The normalized spacial score (nSPS) is 12.6. The maximum atomic E-state index is 6.04. The molecule has 3 aliphatic rings. The fraction of sp³-hybridized carbons (Fsp3) is 0.150. The average molecular weight is 359 g/mol. The summed E-state index contributed by atoms with van der Waals surface area (Å²) < 4.78 is 12.8. The fourth-order valence-electron chi connectivity index (χ4n) is 3.18. The Morgan fingerprint density at radius 3 is 2.74 bits per heavy atom. The number of fused-ring (bicyclic) bond motifs is 2. The third-order valence-corrected chi connectivity index (χ3v) is 4.61. The summed E-state index contributed by atoms with van der Waals surface area (Å²) in [4.78, 5) is 13.6. The van der Waals surface area contributed by atoms with Gasteiger partial charge in [-0.25, -0.2) is 15.0 Å². The van der Waals surface area contributed by atoms with E-state index in [1.165, 1.54) is 5.56 Å². The van der Waals surface area contributed by atoms with E-state index in [1.807, 2.05) is 41.0 Å². The van der Waals surface area contributed by atoms with Crippen molar-refractivity contribution in [3.63, 3.8) is 0 Å². The summed E-state index contributed by atoms with van der Waals surface area (Å²) in [6.07, 6.45) is 2.59. The lowest BCUT2D eigenvalue weighted by Crippen LogP contribution is -2.09. The SMILES string of the molecule is Nc1ncn(CCc2ccccc2)c2nc(-c3ccc4c(c3)OCO4)nc1-2. The van der Waals surface area contributed by atoms with Crippen LogP contribution in [0.15, 0.2) is 54.9 Å². The number of ether oxygens (including phenoxy) is 2. The van der Waals surface area contributed by atoms with Crippen LogP contribution in [0.25, 0.3) is 22.9 Å². The number of benzene rings is 2. The van der Waals surface area contributed by atoms with E-state index in [1.54, 1.807) is 6.33 Å². The third kappa shape index (κ3) is 2.83. The summed E-state index contributed by atoms with van der Waals surface area (Å²) in [5, 5.41) is 0. The van der Waals surface area contributed by atoms with Crippen molar-refractivity contribution in [2.45, 2.75) is 13.0 Å². The van der Waals surface area contributed by atoms with Gasteiger partial charge < -0.3 is 19.8 Å². The Hall–Kier alpha value is -3.61. The Labute approximate surface area is 155 Å². The monoisotopic (exact) mass is 359 g/mol. The molecule has 5 rings (SSSR count). The lowest BCUT2D eigenvalue weighted by atomic mass is 10.1. The number of nitrogens with zero attached hydrogens (tertiary/aromatic N) is 4. The first-order valence-electron chi connectivity index (χ1n) is 8.70. The number of rotatable bonds is 4. The Morgan fingerprint density at radius 1 is 1.00 bits per heavy atom. The van der Waals surface area contributed by atoms with Crippen molar-refractivity contribution in [3.8, 4) is 34.4 Å². The zero-order valence-corrected chi connectivity index (χ0v) is 14.5. The second kappa shape index (κ2) is 6.28. The van der Waals surface area contributed by atoms with Crippen LogP contribution in [0.3, 0.4) is 0 Å². The number of nitrogen functional groups attached to an aromatic ring is 1. The molecule has 3 aliphatic heterocycles. The second-order valence-corrected chi connectivity index (χ2v) is 6.35. The van der Waals surface area contributed by atoms with E-state index in [2.05, 4.69) is 22.1 Å². The van der Waals surface area contributed by atoms with Crippen LogP contribution < -0.4 is 15.2 Å². The van der Waals surface area contributed by atoms with Gasteiger partial charge in [0.2, 0.25) is 6.79 Å². The minimum absolute atomic E-state index is 0.235. The van der Waals surface area contributed by atoms with Gasteiger partial charge in [-0.1, -0.05) is 30.3 Å². The van der Waals surface area contributed by atoms with E-state index in [4.69, 9.17) is 20.2 Å². The maximum Gasteiger partial charge on any atom is 0.231 e. The van der Waals surface area contributed by atoms with Crippen molar-refractivity contribution >= 4 is 5.82 Å². The summed E-state index contributed by atoms with van der Waals surface area (Å²) in [6.45, 7) is 0.978. The van der Waals surface area contributed by atoms with Crippen LogP contribution >= 0.6 is 0 Å². The Bertz CT molecular complexity index is 1080. The minimum Gasteiger partial charge on any atom is -0.454 e. The Balaban J connectivity index is 1.50. The smallest absolute Gasteiger partial charge is 0.231 e. The van der Waals surface area contributed by atoms with E-state index in [-0.39, 0.29) is 6.79 Å². The molecule has 0 aromatic heterocycles. The van der Waals surface area contributed by atoms with Gasteiger partial charge in [0.15, 0.2) is 34.7 Å². The van der Waals surface area contributed by atoms with Crippen LogP contribution in [0, 0.1) is 0 Å². The van der Waals surface area contributed by atoms with E-state index >= 15 is 0 Å². The number of anilines is 1. The number of imidazole rings is 1. The topological polar surface area (TPSA) is 88.1 Å². The van der Waals surface area contributed by atoms with Gasteiger partial charge in [0.1, 0.15) is 0 Å². The summed E-state index contributed by atoms with van der Waals surface area (Å²) in [6, 6.07) is 16.0. The quantitative estimate of drug-likeness (QED) is 0.603. The fourth-order valence-corrected chi connectivity index (χ4v) is 3.18. The molecular weight excluding hydrogens is 342 g/mol. The number of hydrogen-bond donors (Lipinski definition) is 1. The van der Waals surface area contributed by atoms with Gasteiger partial charge in [-0.05, 0) is 30.2 Å². The van der Waals surface area contributed by atoms with Crippen LogP contribution in [-0.2, 0) is 13.0 Å². The highest BCUT2D eigenvalue weighted by Crippen LogP contribution is 2.36. The zero-order chi connectivity index (χ0) is 18.2. The van der Waals surface area contributed by atoms with Gasteiger partial charge in [0.05, 0.1) is 6.33 Å². The first-order valence-corrected chi connectivity index (χ1v) is 8.70. The van der Waals surface area contributed by atoms with Gasteiger partial charge in [-0.2, -0.15) is 0 Å². The molecular formula is C20H17N5O2. The Kier molecular flexibility index (Phi) is 3.64. The molecule has 0 fully saturated rings. The largest absolute Gasteiger partial charge is 0.454 e. The highest BCUT2D eigenvalue weighted by molar-refractivity contribution is 5.72. The molecule has 0 spiro atoms. The second-order valence-electron chi connectivity index (χ2n) is 6.35. The first kappa shape index (κ1) is 15.6. The highest BCUT2D eigenvalue weighted by Gasteiger charge is 2.21. The molecule has 0 bridgehead atoms. The van der Waals surface area contributed by atoms with E-state index in [9.17, 15) is 0 Å². The van der Waals surface area contributed by atoms with Crippen molar-refractivity contribution in [2.24, 2.45) is 0 Å². The lowest BCUT2D eigenvalue weighted by molar-refractivity contribution is 0.174. The van der Waals surface area contributed by atoms with Crippen LogP contribution in [0.2, 0.25) is 0 Å². The molecule has 2 aromatic rings. The van der Waals surface area contributed by atoms with Gasteiger partial charge >= 0.3 is 0 Å². The highest BCUT2D eigenvalue weighted by atomic mass is 16.7. The molecule has 0 saturated carbocycles. The van der Waals surface area contributed by atoms with E-state index in [0.717, 1.165) is 30.1 Å². The first-order chi connectivity index (χ1) is 13.3. The summed E-state index contributed by atoms with van der Waals surface area (Å²) in [7, 11) is 0. The van der Waals surface area contributed by atoms with Crippen molar-refractivity contribution < 1.29 is 9.47 Å². The molecule has 2 N–H and O–H groups in total. The molecule has 3 heterocycles. The molecule has 27 heavy (non-hydrogen) atoms. The molecule has 0 unspecified atom stereocenters. The van der Waals surface area contributed by atoms with Crippen LogP contribution in [-0.4, -0.2) is 26.3 Å². The average Bonchev–Trinajstić information content (AvgIpc) is 3.35. The van der Waals surface area contributed by atoms with Gasteiger partial charge in [0, 0.05) is 12.1 Å². The number of hydrogen-bond acceptors (Lipinski definition) is 6. The van der Waals surface area contributed by atoms with E-state index in [0.29, 0.717) is 23.1 Å². The van der Waals surface area contributed by atoms with Crippen molar-refractivity contribution in [3.05, 3.63) is 60.4 Å². The zero-order valence-electron chi connectivity index (χ0n) is 14.5. The lowest BCUT2D eigenvalue weighted by Gasteiger charge is -2.11. The predicted octanol–water partition coefficient (Wildman–Crippen LogP) is 3.00. The minimum atomic E-state index is 0.235. The molecule has 0 aliphatic carbocycles. The van der Waals surface area contributed by atoms with Crippen LogP contribution in [0.4, 0.5) is 5.82 Å². The van der Waals surface area contributed by atoms with Crippen LogP contribution in [0.5, 0.6) is 11.5 Å². The molecule has 0 amide bonds. The van der Waals surface area contributed by atoms with Crippen molar-refractivity contribution in [2.75, 3.05) is 12.5 Å². The van der Waals surface area contributed by atoms with Gasteiger partial charge in [0.25, 0.3) is 0 Å². The van der Waals surface area contributed by atoms with Crippen molar-refractivity contribution in [1.82, 2.24) is 19.5 Å². The van der Waals surface area contributed by atoms with E-state index < -0.39 is 0 Å².